The van der Waals surface area contributed by atoms with Crippen molar-refractivity contribution in [3.8, 4) is 33.4 Å². The Balaban J connectivity index is 1.30. The van der Waals surface area contributed by atoms with Crippen LogP contribution in [0.3, 0.4) is 0 Å². The van der Waals surface area contributed by atoms with Crippen molar-refractivity contribution in [3.63, 3.8) is 0 Å². The zero-order valence-electron chi connectivity index (χ0n) is 41.3. The quantitative estimate of drug-likeness (QED) is 0.159. The highest BCUT2D eigenvalue weighted by Crippen LogP contribution is 2.54. The largest absolute Gasteiger partial charge is 0.311 e. The smallest absolute Gasteiger partial charge is 0.252 e. The highest BCUT2D eigenvalue weighted by molar-refractivity contribution is 7.00. The lowest BCUT2D eigenvalue weighted by molar-refractivity contribution is 0.403. The summed E-state index contributed by atoms with van der Waals surface area (Å²) in [5.74, 6) is 0. The molecule has 67 heavy (non-hydrogen) atoms. The molecule has 8 aromatic rings. The van der Waals surface area contributed by atoms with Crippen LogP contribution in [-0.4, -0.2) is 6.71 Å². The number of aryl methyl sites for hydroxylation is 1. The summed E-state index contributed by atoms with van der Waals surface area (Å²) in [6, 6.07) is 64.9. The number of nitrogens with zero attached hydrogens (tertiary/aromatic N) is 2. The fourth-order valence-corrected chi connectivity index (χ4v) is 11.9. The molecule has 2 aliphatic heterocycles. The summed E-state index contributed by atoms with van der Waals surface area (Å²) < 4.78 is 0. The second-order valence-corrected chi connectivity index (χ2v) is 23.0. The molecule has 0 saturated carbocycles. The fourth-order valence-electron chi connectivity index (χ4n) is 11.9. The molecule has 0 amide bonds. The summed E-state index contributed by atoms with van der Waals surface area (Å²) in [4.78, 5) is 5.31. The maximum atomic E-state index is 2.67. The Bertz CT molecular complexity index is 3240. The Morgan fingerprint density at radius 3 is 1.48 bits per heavy atom. The maximum Gasteiger partial charge on any atom is 0.252 e. The van der Waals surface area contributed by atoms with Gasteiger partial charge >= 0.3 is 0 Å². The van der Waals surface area contributed by atoms with Crippen LogP contribution in [0.4, 0.5) is 34.1 Å². The van der Waals surface area contributed by atoms with E-state index in [0.717, 1.165) is 6.42 Å². The summed E-state index contributed by atoms with van der Waals surface area (Å²) >= 11 is 0. The van der Waals surface area contributed by atoms with Gasteiger partial charge in [0, 0.05) is 34.0 Å². The number of fused-ring (bicyclic) bond motifs is 5. The van der Waals surface area contributed by atoms with Crippen molar-refractivity contribution in [2.24, 2.45) is 0 Å². The lowest BCUT2D eigenvalue weighted by atomic mass is 9.33. The molecule has 3 aliphatic rings. The van der Waals surface area contributed by atoms with E-state index in [4.69, 9.17) is 0 Å². The third kappa shape index (κ3) is 7.08. The number of benzene rings is 8. The highest BCUT2D eigenvalue weighted by Gasteiger charge is 2.49. The van der Waals surface area contributed by atoms with Crippen molar-refractivity contribution in [2.45, 2.75) is 104 Å². The van der Waals surface area contributed by atoms with E-state index in [1.807, 2.05) is 0 Å². The SMILES string of the molecule is Cc1ccc(-c2ccccc2)cc1N1c2cc3c(cc2B2c4cc(-c5ccccc5)ccc4N(c4ccc(C(C)(C)C)cc4-c4ccccc4)c4cc(C(C)(C)C)cc1c42)C(C)(C)CC3(C)C. The van der Waals surface area contributed by atoms with Gasteiger partial charge in [-0.25, -0.2) is 0 Å². The lowest BCUT2D eigenvalue weighted by Gasteiger charge is -2.46. The van der Waals surface area contributed by atoms with E-state index in [2.05, 4.69) is 256 Å². The van der Waals surface area contributed by atoms with Gasteiger partial charge < -0.3 is 9.80 Å². The van der Waals surface area contributed by atoms with Crippen LogP contribution in [0.25, 0.3) is 33.4 Å². The van der Waals surface area contributed by atoms with Crippen molar-refractivity contribution in [1.29, 1.82) is 0 Å². The van der Waals surface area contributed by atoms with E-state index in [0.29, 0.717) is 0 Å². The minimum absolute atomic E-state index is 0.0170. The first-order chi connectivity index (χ1) is 31.9. The Hall–Kier alpha value is -6.58. The van der Waals surface area contributed by atoms with Gasteiger partial charge in [-0.15, -0.1) is 0 Å². The van der Waals surface area contributed by atoms with Crippen molar-refractivity contribution in [1.82, 2.24) is 0 Å². The van der Waals surface area contributed by atoms with Crippen LogP contribution < -0.4 is 26.2 Å². The molecular formula is C64H63BN2. The van der Waals surface area contributed by atoms with Gasteiger partial charge in [0.1, 0.15) is 0 Å². The van der Waals surface area contributed by atoms with Gasteiger partial charge in [-0.3, -0.25) is 0 Å². The highest BCUT2D eigenvalue weighted by atomic mass is 15.2. The lowest BCUT2D eigenvalue weighted by Crippen LogP contribution is -2.61. The Morgan fingerprint density at radius 1 is 0.403 bits per heavy atom. The average Bonchev–Trinajstić information content (AvgIpc) is 3.49. The van der Waals surface area contributed by atoms with E-state index in [9.17, 15) is 0 Å². The van der Waals surface area contributed by atoms with Crippen LogP contribution >= 0.6 is 0 Å². The second-order valence-electron chi connectivity index (χ2n) is 23.0. The van der Waals surface area contributed by atoms with Crippen LogP contribution in [0.15, 0.2) is 170 Å². The molecule has 0 N–H and O–H groups in total. The molecule has 0 spiro atoms. The average molecular weight is 871 g/mol. The molecule has 0 aromatic heterocycles. The number of rotatable bonds is 5. The minimum atomic E-state index is -0.140. The first-order valence-electron chi connectivity index (χ1n) is 24.4. The van der Waals surface area contributed by atoms with Gasteiger partial charge in [0.05, 0.1) is 5.69 Å². The van der Waals surface area contributed by atoms with E-state index in [1.54, 1.807) is 0 Å². The Labute approximate surface area is 400 Å². The molecule has 0 unspecified atom stereocenters. The van der Waals surface area contributed by atoms with Crippen LogP contribution in [0, 0.1) is 6.92 Å². The van der Waals surface area contributed by atoms with Gasteiger partial charge in [0.25, 0.3) is 6.71 Å². The topological polar surface area (TPSA) is 6.48 Å². The number of hydrogen-bond donors (Lipinski definition) is 0. The van der Waals surface area contributed by atoms with Crippen LogP contribution in [0.2, 0.25) is 0 Å². The Kier molecular flexibility index (Phi) is 9.78. The van der Waals surface area contributed by atoms with Crippen molar-refractivity contribution >= 4 is 57.2 Å². The molecule has 0 atom stereocenters. The molecule has 0 bridgehead atoms. The predicted octanol–water partition coefficient (Wildman–Crippen LogP) is 15.6. The predicted molar refractivity (Wildman–Crippen MR) is 290 cm³/mol. The van der Waals surface area contributed by atoms with Gasteiger partial charge in [-0.05, 0) is 149 Å². The molecule has 8 aromatic carbocycles. The second kappa shape index (κ2) is 15.2. The Morgan fingerprint density at radius 2 is 0.896 bits per heavy atom. The summed E-state index contributed by atoms with van der Waals surface area (Å²) in [7, 11) is 0. The zero-order valence-corrected chi connectivity index (χ0v) is 41.3. The van der Waals surface area contributed by atoms with Gasteiger partial charge in [0.15, 0.2) is 0 Å². The standard InChI is InChI=1S/C64H63BN2/c1-41-27-28-46(43-23-17-13-18-24-43)34-56(41)67-57-39-51-50(63(8,9)40-64(51,10)11)38-53(57)65-52-33-45(42-21-15-12-16-22-42)29-31-55(52)66(58-36-48(62(5,6)7)37-59(67)60(58)65)54-32-30-47(61(2,3)4)35-49(54)44-25-19-14-20-26-44/h12-39H,40H2,1-11H3. The van der Waals surface area contributed by atoms with E-state index < -0.39 is 0 Å². The molecule has 2 nitrogen and oxygen atoms in total. The van der Waals surface area contributed by atoms with Crippen LogP contribution in [0.1, 0.15) is 103 Å². The van der Waals surface area contributed by atoms with Gasteiger partial charge in [-0.1, -0.05) is 197 Å². The van der Waals surface area contributed by atoms with E-state index in [-0.39, 0.29) is 28.4 Å². The maximum absolute atomic E-state index is 2.67. The molecule has 332 valence electrons. The van der Waals surface area contributed by atoms with E-state index >= 15 is 0 Å². The summed E-state index contributed by atoms with van der Waals surface area (Å²) in [6.07, 6.45) is 1.10. The molecule has 0 fully saturated rings. The first kappa shape index (κ1) is 43.0. The zero-order chi connectivity index (χ0) is 46.8. The van der Waals surface area contributed by atoms with Crippen LogP contribution in [0.5, 0.6) is 0 Å². The number of hydrogen-bond acceptors (Lipinski definition) is 2. The monoisotopic (exact) mass is 871 g/mol. The fraction of sp³-hybridized carbons (Fsp3) is 0.250. The summed E-state index contributed by atoms with van der Waals surface area (Å²) in [6.45, 7) is 26.2. The molecule has 2 heterocycles. The molecule has 0 radical (unpaired) electrons. The molecular weight excluding hydrogens is 808 g/mol. The molecule has 11 rings (SSSR count). The summed E-state index contributed by atoms with van der Waals surface area (Å²) in [5.41, 5.74) is 25.6. The normalized spacial score (nSPS) is 15.5. The molecule has 0 saturated heterocycles. The van der Waals surface area contributed by atoms with E-state index in [1.165, 1.54) is 112 Å². The van der Waals surface area contributed by atoms with Crippen molar-refractivity contribution in [3.05, 3.63) is 198 Å². The summed E-state index contributed by atoms with van der Waals surface area (Å²) in [5, 5.41) is 0. The molecule has 3 heteroatoms. The van der Waals surface area contributed by atoms with Crippen molar-refractivity contribution < 1.29 is 0 Å². The molecule has 1 aliphatic carbocycles. The van der Waals surface area contributed by atoms with Crippen LogP contribution in [-0.2, 0) is 21.7 Å². The third-order valence-electron chi connectivity index (χ3n) is 15.3. The van der Waals surface area contributed by atoms with Gasteiger partial charge in [-0.2, -0.15) is 0 Å². The van der Waals surface area contributed by atoms with Crippen molar-refractivity contribution in [2.75, 3.05) is 9.80 Å². The number of anilines is 6. The minimum Gasteiger partial charge on any atom is -0.311 e. The first-order valence-corrected chi connectivity index (χ1v) is 24.4. The van der Waals surface area contributed by atoms with Gasteiger partial charge in [0.2, 0.25) is 0 Å². The third-order valence-corrected chi connectivity index (χ3v) is 15.3.